The number of anilines is 1. The third kappa shape index (κ3) is 1.16. The van der Waals surface area contributed by atoms with Crippen LogP contribution in [0.25, 0.3) is 11.0 Å². The molecule has 0 spiro atoms. The molecule has 0 saturated heterocycles. The molecule has 0 saturated carbocycles. The van der Waals surface area contributed by atoms with Crippen LogP contribution in [-0.4, -0.2) is 15.5 Å². The predicted octanol–water partition coefficient (Wildman–Crippen LogP) is 2.11. The van der Waals surface area contributed by atoms with E-state index in [-0.39, 0.29) is 11.4 Å². The molecule has 82 valence electrons. The number of aromatic nitrogens is 2. The number of nitrogens with zero attached hydrogens (tertiary/aromatic N) is 2. The Hall–Kier alpha value is -1.84. The van der Waals surface area contributed by atoms with Crippen molar-refractivity contribution >= 4 is 22.9 Å². The molecule has 3 rings (SSSR count). The van der Waals surface area contributed by atoms with E-state index in [9.17, 15) is 4.79 Å². The van der Waals surface area contributed by atoms with Crippen LogP contribution >= 0.6 is 0 Å². The number of imidazole rings is 1. The normalized spacial score (nSPS) is 18.2. The summed E-state index contributed by atoms with van der Waals surface area (Å²) in [5.74, 6) is 0.690. The van der Waals surface area contributed by atoms with Gasteiger partial charge in [-0.05, 0) is 26.0 Å². The van der Waals surface area contributed by atoms with Gasteiger partial charge in [-0.25, -0.2) is 4.98 Å². The fourth-order valence-electron chi connectivity index (χ4n) is 2.36. The molecule has 0 fully saturated rings. The lowest BCUT2D eigenvalue weighted by molar-refractivity contribution is -0.118. The average Bonchev–Trinajstić information content (AvgIpc) is 2.53. The van der Waals surface area contributed by atoms with E-state index in [4.69, 9.17) is 0 Å². The van der Waals surface area contributed by atoms with Crippen LogP contribution in [0.1, 0.15) is 20.3 Å². The van der Waals surface area contributed by atoms with E-state index in [1.54, 1.807) is 0 Å². The van der Waals surface area contributed by atoms with Gasteiger partial charge in [0.1, 0.15) is 0 Å². The average molecular weight is 215 g/mol. The van der Waals surface area contributed by atoms with E-state index in [0.717, 1.165) is 11.0 Å². The van der Waals surface area contributed by atoms with Crippen LogP contribution < -0.4 is 5.32 Å². The van der Waals surface area contributed by atoms with Crippen molar-refractivity contribution in [3.05, 3.63) is 24.3 Å². The zero-order valence-electron chi connectivity index (χ0n) is 9.32. The highest BCUT2D eigenvalue weighted by Gasteiger charge is 2.33. The van der Waals surface area contributed by atoms with Gasteiger partial charge in [-0.15, -0.1) is 0 Å². The zero-order chi connectivity index (χ0) is 11.3. The first-order chi connectivity index (χ1) is 7.58. The van der Waals surface area contributed by atoms with Crippen LogP contribution in [-0.2, 0) is 10.3 Å². The summed E-state index contributed by atoms with van der Waals surface area (Å²) in [4.78, 5) is 16.0. The molecule has 1 amide bonds. The highest BCUT2D eigenvalue weighted by atomic mass is 16.2. The number of nitrogens with one attached hydrogen (secondary N) is 1. The maximum atomic E-state index is 11.6. The molecule has 16 heavy (non-hydrogen) atoms. The van der Waals surface area contributed by atoms with Crippen LogP contribution in [0.2, 0.25) is 0 Å². The van der Waals surface area contributed by atoms with Gasteiger partial charge in [0.2, 0.25) is 11.9 Å². The van der Waals surface area contributed by atoms with Gasteiger partial charge in [0.05, 0.1) is 23.0 Å². The fourth-order valence-corrected chi connectivity index (χ4v) is 2.36. The molecule has 4 nitrogen and oxygen atoms in total. The van der Waals surface area contributed by atoms with E-state index >= 15 is 0 Å². The molecule has 2 heterocycles. The summed E-state index contributed by atoms with van der Waals surface area (Å²) in [5, 5.41) is 2.82. The lowest BCUT2D eigenvalue weighted by Crippen LogP contribution is -2.38. The van der Waals surface area contributed by atoms with Crippen molar-refractivity contribution in [2.75, 3.05) is 5.32 Å². The Morgan fingerprint density at radius 2 is 2.12 bits per heavy atom. The van der Waals surface area contributed by atoms with Gasteiger partial charge in [-0.3, -0.25) is 10.1 Å². The first-order valence-electron chi connectivity index (χ1n) is 5.36. The molecule has 0 radical (unpaired) electrons. The largest absolute Gasteiger partial charge is 0.304 e. The Labute approximate surface area is 93.3 Å². The highest BCUT2D eigenvalue weighted by Crippen LogP contribution is 2.33. The summed E-state index contributed by atoms with van der Waals surface area (Å²) in [7, 11) is 0. The van der Waals surface area contributed by atoms with Gasteiger partial charge in [-0.2, -0.15) is 0 Å². The summed E-state index contributed by atoms with van der Waals surface area (Å²) >= 11 is 0. The summed E-state index contributed by atoms with van der Waals surface area (Å²) in [6, 6.07) is 7.94. The van der Waals surface area contributed by atoms with E-state index in [0.29, 0.717) is 12.4 Å². The second-order valence-electron chi connectivity index (χ2n) is 4.80. The van der Waals surface area contributed by atoms with Crippen LogP contribution in [0.3, 0.4) is 0 Å². The molecule has 1 aromatic carbocycles. The van der Waals surface area contributed by atoms with Crippen molar-refractivity contribution in [1.29, 1.82) is 0 Å². The number of para-hydroxylation sites is 2. The van der Waals surface area contributed by atoms with E-state index in [2.05, 4.69) is 28.7 Å². The molecule has 1 aliphatic rings. The van der Waals surface area contributed by atoms with Crippen molar-refractivity contribution in [3.8, 4) is 0 Å². The standard InChI is InChI=1S/C12H13N3O/c1-12(2)7-10(16)14-11-13-8-5-3-4-6-9(8)15(11)12/h3-6H,7H2,1-2H3,(H,13,14,16). The summed E-state index contributed by atoms with van der Waals surface area (Å²) < 4.78 is 2.10. The van der Waals surface area contributed by atoms with E-state index in [1.807, 2.05) is 24.3 Å². The molecule has 1 N–H and O–H groups in total. The molecule has 0 unspecified atom stereocenters. The minimum absolute atomic E-state index is 0.0350. The van der Waals surface area contributed by atoms with Crippen molar-refractivity contribution in [3.63, 3.8) is 0 Å². The lowest BCUT2D eigenvalue weighted by atomic mass is 9.98. The van der Waals surface area contributed by atoms with Crippen molar-refractivity contribution in [2.24, 2.45) is 0 Å². The smallest absolute Gasteiger partial charge is 0.229 e. The Kier molecular flexibility index (Phi) is 1.67. The Morgan fingerprint density at radius 1 is 1.38 bits per heavy atom. The van der Waals surface area contributed by atoms with Crippen LogP contribution in [0.4, 0.5) is 5.95 Å². The SMILES string of the molecule is CC1(C)CC(=O)Nc2nc3ccccc3n21. The van der Waals surface area contributed by atoms with Crippen LogP contribution in [0, 0.1) is 0 Å². The van der Waals surface area contributed by atoms with Gasteiger partial charge >= 0.3 is 0 Å². The second kappa shape index (κ2) is 2.84. The number of rotatable bonds is 0. The Bertz CT molecular complexity index is 583. The van der Waals surface area contributed by atoms with E-state index < -0.39 is 0 Å². The van der Waals surface area contributed by atoms with Crippen LogP contribution in [0.15, 0.2) is 24.3 Å². The molecule has 4 heteroatoms. The number of hydrogen-bond donors (Lipinski definition) is 1. The third-order valence-corrected chi connectivity index (χ3v) is 3.01. The molecule has 0 atom stereocenters. The first-order valence-corrected chi connectivity index (χ1v) is 5.36. The van der Waals surface area contributed by atoms with Gasteiger partial charge in [0, 0.05) is 0 Å². The number of hydrogen-bond acceptors (Lipinski definition) is 2. The molecular formula is C12H13N3O. The number of amides is 1. The highest BCUT2D eigenvalue weighted by molar-refractivity contribution is 5.94. The number of fused-ring (bicyclic) bond motifs is 3. The van der Waals surface area contributed by atoms with Gasteiger partial charge in [0.15, 0.2) is 0 Å². The molecule has 0 aliphatic carbocycles. The lowest BCUT2D eigenvalue weighted by Gasteiger charge is -2.32. The minimum Gasteiger partial charge on any atom is -0.304 e. The Balaban J connectivity index is 2.36. The molecule has 1 aliphatic heterocycles. The monoisotopic (exact) mass is 215 g/mol. The predicted molar refractivity (Wildman–Crippen MR) is 62.3 cm³/mol. The van der Waals surface area contributed by atoms with E-state index in [1.165, 1.54) is 0 Å². The number of carbonyl (C=O) groups excluding carboxylic acids is 1. The maximum Gasteiger partial charge on any atom is 0.229 e. The summed E-state index contributed by atoms with van der Waals surface area (Å²) in [6.45, 7) is 4.12. The molecule has 0 bridgehead atoms. The molecule has 2 aromatic rings. The topological polar surface area (TPSA) is 46.9 Å². The Morgan fingerprint density at radius 3 is 2.94 bits per heavy atom. The van der Waals surface area contributed by atoms with Crippen molar-refractivity contribution in [1.82, 2.24) is 9.55 Å². The van der Waals surface area contributed by atoms with Crippen molar-refractivity contribution in [2.45, 2.75) is 25.8 Å². The third-order valence-electron chi connectivity index (χ3n) is 3.01. The minimum atomic E-state index is -0.215. The quantitative estimate of drug-likeness (QED) is 0.731. The van der Waals surface area contributed by atoms with Gasteiger partial charge in [-0.1, -0.05) is 12.1 Å². The summed E-state index contributed by atoms with van der Waals surface area (Å²) in [5.41, 5.74) is 1.78. The zero-order valence-corrected chi connectivity index (χ0v) is 9.32. The fraction of sp³-hybridized carbons (Fsp3) is 0.333. The molecule has 1 aromatic heterocycles. The van der Waals surface area contributed by atoms with Gasteiger partial charge < -0.3 is 4.57 Å². The summed E-state index contributed by atoms with van der Waals surface area (Å²) in [6.07, 6.45) is 0.486. The molecular weight excluding hydrogens is 202 g/mol. The maximum absolute atomic E-state index is 11.6. The van der Waals surface area contributed by atoms with Gasteiger partial charge in [0.25, 0.3) is 0 Å². The van der Waals surface area contributed by atoms with Crippen LogP contribution in [0.5, 0.6) is 0 Å². The van der Waals surface area contributed by atoms with Crippen molar-refractivity contribution < 1.29 is 4.79 Å². The second-order valence-corrected chi connectivity index (χ2v) is 4.80. The number of benzene rings is 1. The number of carbonyl (C=O) groups is 1. The first kappa shape index (κ1) is 9.39.